The van der Waals surface area contributed by atoms with Gasteiger partial charge in [0.05, 0.1) is 25.8 Å². The van der Waals surface area contributed by atoms with Crippen LogP contribution in [0.5, 0.6) is 11.5 Å². The fraction of sp³-hybridized carbons (Fsp3) is 0.185. The van der Waals surface area contributed by atoms with Gasteiger partial charge in [0.15, 0.2) is 0 Å². The van der Waals surface area contributed by atoms with E-state index in [2.05, 4.69) is 0 Å². The Bertz CT molecular complexity index is 1230. The number of ether oxygens (including phenoxy) is 2. The Morgan fingerprint density at radius 2 is 1.62 bits per heavy atom. The molecule has 1 heterocycles. The number of aliphatic hydroxyl groups is 1. The monoisotopic (exact) mass is 461 g/mol. The molecule has 7 heteroatoms. The van der Waals surface area contributed by atoms with Crippen molar-refractivity contribution in [3.63, 3.8) is 0 Å². The summed E-state index contributed by atoms with van der Waals surface area (Å²) < 4.78 is 23.9. The highest BCUT2D eigenvalue weighted by Crippen LogP contribution is 2.40. The van der Waals surface area contributed by atoms with Gasteiger partial charge in [0.2, 0.25) is 0 Å². The zero-order valence-electron chi connectivity index (χ0n) is 18.8. The molecule has 0 saturated carbocycles. The fourth-order valence-corrected chi connectivity index (χ4v) is 4.07. The maximum Gasteiger partial charge on any atom is 0.295 e. The minimum absolute atomic E-state index is 0.0420. The van der Waals surface area contributed by atoms with E-state index in [1.165, 1.54) is 36.3 Å². The number of benzene rings is 3. The van der Waals surface area contributed by atoms with Gasteiger partial charge in [-0.15, -0.1) is 0 Å². The van der Waals surface area contributed by atoms with Crippen LogP contribution in [0.1, 0.15) is 22.7 Å². The molecule has 1 amide bonds. The molecule has 1 unspecified atom stereocenters. The molecule has 0 radical (unpaired) electrons. The third-order valence-electron chi connectivity index (χ3n) is 5.87. The highest BCUT2D eigenvalue weighted by atomic mass is 19.1. The third-order valence-corrected chi connectivity index (χ3v) is 5.87. The molecule has 1 fully saturated rings. The molecule has 34 heavy (non-hydrogen) atoms. The Morgan fingerprint density at radius 3 is 2.26 bits per heavy atom. The molecule has 0 spiro atoms. The number of nitrogens with zero attached hydrogens (tertiary/aromatic N) is 1. The second kappa shape index (κ2) is 9.79. The van der Waals surface area contributed by atoms with Gasteiger partial charge in [0, 0.05) is 12.1 Å². The van der Waals surface area contributed by atoms with Crippen molar-refractivity contribution >= 4 is 17.4 Å². The summed E-state index contributed by atoms with van der Waals surface area (Å²) in [5.41, 5.74) is 1.80. The lowest BCUT2D eigenvalue weighted by Gasteiger charge is -2.25. The molecular formula is C27H24FNO5. The van der Waals surface area contributed by atoms with Crippen molar-refractivity contribution in [1.29, 1.82) is 0 Å². The SMILES string of the molecule is COc1ccc(CCN2C(=O)C(=O)/C(=C(\O)c3ccc(F)cc3)C2c2cccc(OC)c2)cc1. The Hall–Kier alpha value is -4.13. The molecule has 3 aromatic rings. The van der Waals surface area contributed by atoms with Gasteiger partial charge in [0.25, 0.3) is 11.7 Å². The number of hydrogen-bond donors (Lipinski definition) is 1. The van der Waals surface area contributed by atoms with Crippen LogP contribution in [0, 0.1) is 5.82 Å². The summed E-state index contributed by atoms with van der Waals surface area (Å²) >= 11 is 0. The molecule has 174 valence electrons. The van der Waals surface area contributed by atoms with Gasteiger partial charge in [-0.05, 0) is 66.1 Å². The number of rotatable bonds is 7. The molecule has 3 aromatic carbocycles. The number of amides is 1. The maximum atomic E-state index is 13.4. The van der Waals surface area contributed by atoms with Crippen molar-refractivity contribution in [3.05, 3.63) is 101 Å². The Kier molecular flexibility index (Phi) is 6.63. The number of hydrogen-bond acceptors (Lipinski definition) is 5. The van der Waals surface area contributed by atoms with Crippen LogP contribution in [0.15, 0.2) is 78.4 Å². The first-order valence-electron chi connectivity index (χ1n) is 10.7. The van der Waals surface area contributed by atoms with Gasteiger partial charge in [-0.2, -0.15) is 0 Å². The first-order valence-corrected chi connectivity index (χ1v) is 10.7. The van der Waals surface area contributed by atoms with Crippen molar-refractivity contribution in [2.45, 2.75) is 12.5 Å². The van der Waals surface area contributed by atoms with Gasteiger partial charge >= 0.3 is 0 Å². The number of carbonyl (C=O) groups excluding carboxylic acids is 2. The summed E-state index contributed by atoms with van der Waals surface area (Å²) in [6.07, 6.45) is 0.494. The standard InChI is InChI=1S/C27H24FNO5/c1-33-21-12-6-17(7-13-21)14-15-29-24(19-4-3-5-22(16-19)34-2)23(26(31)27(29)32)25(30)18-8-10-20(28)11-9-18/h3-13,16,24,30H,14-15H2,1-2H3/b25-23-. The van der Waals surface area contributed by atoms with Crippen LogP contribution in [0.25, 0.3) is 5.76 Å². The molecule has 1 N–H and O–H groups in total. The second-order valence-electron chi connectivity index (χ2n) is 7.87. The lowest BCUT2D eigenvalue weighted by molar-refractivity contribution is -0.139. The smallest absolute Gasteiger partial charge is 0.295 e. The number of methoxy groups -OCH3 is 2. The Balaban J connectivity index is 1.75. The highest BCUT2D eigenvalue weighted by molar-refractivity contribution is 6.46. The number of Topliss-reactive ketones (excluding diaryl/α,β-unsaturated/α-hetero) is 1. The Morgan fingerprint density at radius 1 is 0.941 bits per heavy atom. The lowest BCUT2D eigenvalue weighted by Crippen LogP contribution is -2.31. The maximum absolute atomic E-state index is 13.4. The molecule has 4 rings (SSSR count). The summed E-state index contributed by atoms with van der Waals surface area (Å²) in [6.45, 7) is 0.249. The van der Waals surface area contributed by atoms with Crippen molar-refractivity contribution in [1.82, 2.24) is 4.90 Å². The van der Waals surface area contributed by atoms with Gasteiger partial charge in [-0.1, -0.05) is 24.3 Å². The van der Waals surface area contributed by atoms with E-state index >= 15 is 0 Å². The zero-order chi connectivity index (χ0) is 24.2. The van der Waals surface area contributed by atoms with Crippen molar-refractivity contribution in [3.8, 4) is 11.5 Å². The minimum Gasteiger partial charge on any atom is -0.507 e. The summed E-state index contributed by atoms with van der Waals surface area (Å²) in [4.78, 5) is 27.6. The van der Waals surface area contributed by atoms with Gasteiger partial charge < -0.3 is 19.5 Å². The van der Waals surface area contributed by atoms with Crippen LogP contribution in [0.2, 0.25) is 0 Å². The number of ketones is 1. The predicted octanol–water partition coefficient (Wildman–Crippen LogP) is 4.51. The molecule has 1 aliphatic rings. The lowest BCUT2D eigenvalue weighted by atomic mass is 9.95. The summed E-state index contributed by atoms with van der Waals surface area (Å²) in [5.74, 6) is -1.03. The molecule has 1 atom stereocenters. The number of aliphatic hydroxyl groups excluding tert-OH is 1. The second-order valence-corrected chi connectivity index (χ2v) is 7.87. The minimum atomic E-state index is -0.821. The Labute approximate surface area is 196 Å². The van der Waals surface area contributed by atoms with E-state index in [0.29, 0.717) is 17.7 Å². The first-order chi connectivity index (χ1) is 16.4. The van der Waals surface area contributed by atoms with Crippen molar-refractivity contribution < 1.29 is 28.6 Å². The van der Waals surface area contributed by atoms with Crippen LogP contribution in [0.4, 0.5) is 4.39 Å². The molecule has 0 bridgehead atoms. The number of likely N-dealkylation sites (tertiary alicyclic amines) is 1. The number of carbonyl (C=O) groups is 2. The third kappa shape index (κ3) is 4.50. The summed E-state index contributed by atoms with van der Waals surface area (Å²) in [7, 11) is 3.11. The average Bonchev–Trinajstić information content (AvgIpc) is 3.12. The van der Waals surface area contributed by atoms with Crippen LogP contribution in [-0.4, -0.2) is 42.5 Å². The fourth-order valence-electron chi connectivity index (χ4n) is 4.07. The topological polar surface area (TPSA) is 76.1 Å². The molecular weight excluding hydrogens is 437 g/mol. The van der Waals surface area contributed by atoms with Gasteiger partial charge in [0.1, 0.15) is 23.1 Å². The van der Waals surface area contributed by atoms with Crippen LogP contribution in [0.3, 0.4) is 0 Å². The molecule has 0 aromatic heterocycles. The average molecular weight is 461 g/mol. The van der Waals surface area contributed by atoms with E-state index in [1.807, 2.05) is 24.3 Å². The normalized spacial score (nSPS) is 17.1. The highest BCUT2D eigenvalue weighted by Gasteiger charge is 2.45. The molecule has 0 aliphatic carbocycles. The van der Waals surface area contributed by atoms with Crippen molar-refractivity contribution in [2.24, 2.45) is 0 Å². The van der Waals surface area contributed by atoms with E-state index < -0.39 is 23.5 Å². The van der Waals surface area contributed by atoms with E-state index in [1.54, 1.807) is 31.4 Å². The van der Waals surface area contributed by atoms with E-state index in [4.69, 9.17) is 9.47 Å². The quantitative estimate of drug-likeness (QED) is 0.318. The van der Waals surface area contributed by atoms with Crippen LogP contribution in [-0.2, 0) is 16.0 Å². The van der Waals surface area contributed by atoms with Crippen LogP contribution >= 0.6 is 0 Å². The van der Waals surface area contributed by atoms with Crippen LogP contribution < -0.4 is 9.47 Å². The van der Waals surface area contributed by atoms with E-state index in [-0.39, 0.29) is 23.4 Å². The van der Waals surface area contributed by atoms with E-state index in [0.717, 1.165) is 11.3 Å². The summed E-state index contributed by atoms with van der Waals surface area (Å²) in [6, 6.07) is 18.8. The number of halogens is 1. The van der Waals surface area contributed by atoms with E-state index in [9.17, 15) is 19.1 Å². The van der Waals surface area contributed by atoms with Gasteiger partial charge in [-0.25, -0.2) is 4.39 Å². The molecule has 6 nitrogen and oxygen atoms in total. The largest absolute Gasteiger partial charge is 0.507 e. The zero-order valence-corrected chi connectivity index (χ0v) is 18.8. The van der Waals surface area contributed by atoms with Gasteiger partial charge in [-0.3, -0.25) is 9.59 Å². The van der Waals surface area contributed by atoms with Crippen molar-refractivity contribution in [2.75, 3.05) is 20.8 Å². The predicted molar refractivity (Wildman–Crippen MR) is 125 cm³/mol. The molecule has 1 saturated heterocycles. The first kappa shape index (κ1) is 23.0. The summed E-state index contributed by atoms with van der Waals surface area (Å²) in [5, 5.41) is 11.0. The molecule has 1 aliphatic heterocycles.